The van der Waals surface area contributed by atoms with Crippen LogP contribution in [0.2, 0.25) is 0 Å². The third kappa shape index (κ3) is 6.02. The van der Waals surface area contributed by atoms with Crippen molar-refractivity contribution in [2.45, 2.75) is 102 Å². The molecule has 3 fully saturated rings. The predicted molar refractivity (Wildman–Crippen MR) is 166 cm³/mol. The van der Waals surface area contributed by atoms with Gasteiger partial charge in [-0.1, -0.05) is 18.2 Å². The smallest absolute Gasteiger partial charge is 0.341 e. The van der Waals surface area contributed by atoms with E-state index in [4.69, 9.17) is 37.6 Å². The molecule has 1 aromatic carbocycles. The van der Waals surface area contributed by atoms with E-state index in [-0.39, 0.29) is 11.1 Å². The van der Waals surface area contributed by atoms with Crippen LogP contribution in [0, 0.1) is 11.3 Å². The lowest BCUT2D eigenvalue weighted by Crippen LogP contribution is -2.85. The van der Waals surface area contributed by atoms with E-state index in [0.717, 1.165) is 34.0 Å². The van der Waals surface area contributed by atoms with Gasteiger partial charge in [0.2, 0.25) is 0 Å². The predicted octanol–water partition coefficient (Wildman–Crippen LogP) is 2.71. The largest absolute Gasteiger partial charge is 0.472 e. The number of hydrogen-bond donors (Lipinski definition) is 1. The molecule has 15 nitrogen and oxygen atoms in total. The normalized spacial score (nSPS) is 33.6. The zero-order valence-corrected chi connectivity index (χ0v) is 28.7. The molecular formula is C35H40O15. The molecular weight excluding hydrogens is 660 g/mol. The van der Waals surface area contributed by atoms with Crippen molar-refractivity contribution >= 4 is 35.8 Å². The van der Waals surface area contributed by atoms with Gasteiger partial charge in [-0.25, -0.2) is 9.59 Å². The molecule has 270 valence electrons. The summed E-state index contributed by atoms with van der Waals surface area (Å²) in [5.41, 5.74) is -8.22. The summed E-state index contributed by atoms with van der Waals surface area (Å²) in [5, 5.41) is 12.7. The highest BCUT2D eigenvalue weighted by Crippen LogP contribution is 2.69. The van der Waals surface area contributed by atoms with Crippen molar-refractivity contribution in [3.63, 3.8) is 0 Å². The van der Waals surface area contributed by atoms with Gasteiger partial charge in [-0.15, -0.1) is 0 Å². The van der Waals surface area contributed by atoms with Crippen molar-refractivity contribution < 1.29 is 71.4 Å². The van der Waals surface area contributed by atoms with E-state index in [2.05, 4.69) is 0 Å². The molecule has 2 aliphatic carbocycles. The summed E-state index contributed by atoms with van der Waals surface area (Å²) in [6.07, 6.45) is -6.33. The van der Waals surface area contributed by atoms with E-state index < -0.39 is 107 Å². The molecule has 1 saturated heterocycles. The monoisotopic (exact) mass is 700 g/mol. The van der Waals surface area contributed by atoms with Gasteiger partial charge in [-0.3, -0.25) is 19.2 Å². The number of aliphatic hydroxyl groups is 1. The van der Waals surface area contributed by atoms with Gasteiger partial charge < -0.3 is 42.7 Å². The van der Waals surface area contributed by atoms with Crippen LogP contribution >= 0.6 is 0 Å². The highest BCUT2D eigenvalue weighted by Gasteiger charge is 2.89. The summed E-state index contributed by atoms with van der Waals surface area (Å²) < 4.78 is 47.6. The summed E-state index contributed by atoms with van der Waals surface area (Å²) in [7, 11) is 0. The van der Waals surface area contributed by atoms with Gasteiger partial charge >= 0.3 is 35.8 Å². The SMILES string of the molecule is CC(=O)OC[C@]12[C@@H](OC(=O)c3ccoc3)[C@H](OC(=O)c3ccccc3)[C@@H]3[C@@H](OC(C)=O)[C@]1(OC3(C)C)[C@@](C)(O)C[C@H](OC(C)=O)[C@@H]2OC(C)=O. The fourth-order valence-electron chi connectivity index (χ4n) is 8.19. The zero-order chi connectivity index (χ0) is 36.8. The average Bonchev–Trinajstić information content (AvgIpc) is 3.61. The van der Waals surface area contributed by atoms with Crippen LogP contribution in [0.4, 0.5) is 0 Å². The Hall–Kier alpha value is -4.76. The maximum absolute atomic E-state index is 13.9. The van der Waals surface area contributed by atoms with E-state index in [1.54, 1.807) is 32.0 Å². The van der Waals surface area contributed by atoms with E-state index in [9.17, 15) is 33.9 Å². The Bertz CT molecular complexity index is 1650. The van der Waals surface area contributed by atoms with Crippen molar-refractivity contribution in [1.82, 2.24) is 0 Å². The number of rotatable bonds is 9. The molecule has 15 heteroatoms. The molecule has 2 aromatic rings. The maximum Gasteiger partial charge on any atom is 0.341 e. The number of esters is 6. The van der Waals surface area contributed by atoms with Crippen molar-refractivity contribution in [3.8, 4) is 0 Å². The van der Waals surface area contributed by atoms with Crippen LogP contribution < -0.4 is 0 Å². The van der Waals surface area contributed by atoms with Crippen molar-refractivity contribution in [2.75, 3.05) is 6.61 Å². The van der Waals surface area contributed by atoms with Gasteiger partial charge in [0.15, 0.2) is 17.8 Å². The first kappa shape index (κ1) is 36.5. The van der Waals surface area contributed by atoms with Gasteiger partial charge in [-0.05, 0) is 39.0 Å². The molecule has 9 atom stereocenters. The van der Waals surface area contributed by atoms with E-state index in [1.165, 1.54) is 31.4 Å². The summed E-state index contributed by atoms with van der Waals surface area (Å²) >= 11 is 0. The Labute approximate surface area is 287 Å². The lowest BCUT2D eigenvalue weighted by atomic mass is 9.45. The number of carbonyl (C=O) groups is 6. The van der Waals surface area contributed by atoms with Crippen molar-refractivity contribution in [2.24, 2.45) is 11.3 Å². The molecule has 2 heterocycles. The van der Waals surface area contributed by atoms with E-state index in [1.807, 2.05) is 0 Å². The number of furan rings is 1. The Morgan fingerprint density at radius 3 is 1.90 bits per heavy atom. The lowest BCUT2D eigenvalue weighted by molar-refractivity contribution is -0.362. The van der Waals surface area contributed by atoms with Gasteiger partial charge in [0.1, 0.15) is 36.6 Å². The minimum Gasteiger partial charge on any atom is -0.472 e. The second kappa shape index (κ2) is 13.2. The first-order chi connectivity index (χ1) is 23.4. The minimum atomic E-state index is -2.32. The van der Waals surface area contributed by atoms with Crippen LogP contribution in [0.15, 0.2) is 53.3 Å². The highest BCUT2D eigenvalue weighted by molar-refractivity contribution is 5.90. The molecule has 2 saturated carbocycles. The fraction of sp³-hybridized carbons (Fsp3) is 0.543. The number of hydrogen-bond acceptors (Lipinski definition) is 15. The summed E-state index contributed by atoms with van der Waals surface area (Å²) in [6, 6.07) is 9.17. The van der Waals surface area contributed by atoms with Crippen molar-refractivity contribution in [3.05, 3.63) is 60.1 Å². The summed E-state index contributed by atoms with van der Waals surface area (Å²) in [5.74, 6) is -6.51. The average molecular weight is 701 g/mol. The second-order valence-electron chi connectivity index (χ2n) is 13.5. The van der Waals surface area contributed by atoms with Crippen LogP contribution in [0.5, 0.6) is 0 Å². The molecule has 5 rings (SSSR count). The summed E-state index contributed by atoms with van der Waals surface area (Å²) in [6.45, 7) is 8.04. The Morgan fingerprint density at radius 1 is 0.740 bits per heavy atom. The third-order valence-corrected chi connectivity index (χ3v) is 9.71. The molecule has 0 amide bonds. The van der Waals surface area contributed by atoms with Gasteiger partial charge in [-0.2, -0.15) is 0 Å². The molecule has 1 spiro atoms. The standard InChI is InChI=1S/C35H40O15/c1-18(36)44-17-34-27(46-20(3)38)24(45-19(2)37)15-33(7,42)35(34)28(47-21(4)39)25(32(5,6)50-35)26(48-30(40)22-11-9-8-10-12-22)29(34)49-31(41)23-13-14-43-16-23/h8-14,16,24-29,42H,15,17H2,1-7H3/t24-,25+,26+,27-,28+,29-,33-,34-,35-/m0/s1. The van der Waals surface area contributed by atoms with Gasteiger partial charge in [0.05, 0.1) is 34.5 Å². The maximum atomic E-state index is 13.9. The number of ether oxygens (including phenoxy) is 7. The van der Waals surface area contributed by atoms with Crippen LogP contribution in [-0.4, -0.2) is 94.9 Å². The van der Waals surface area contributed by atoms with Crippen molar-refractivity contribution in [1.29, 1.82) is 0 Å². The first-order valence-electron chi connectivity index (χ1n) is 15.9. The number of benzene rings is 1. The van der Waals surface area contributed by atoms with Crippen LogP contribution in [0.3, 0.4) is 0 Å². The molecule has 1 aromatic heterocycles. The van der Waals surface area contributed by atoms with E-state index in [0.29, 0.717) is 0 Å². The molecule has 1 N–H and O–H groups in total. The van der Waals surface area contributed by atoms with Gasteiger partial charge in [0, 0.05) is 34.1 Å². The zero-order valence-electron chi connectivity index (χ0n) is 28.7. The minimum absolute atomic E-state index is 0.0763. The third-order valence-electron chi connectivity index (χ3n) is 9.71. The van der Waals surface area contributed by atoms with Crippen LogP contribution in [0.25, 0.3) is 0 Å². The quantitative estimate of drug-likeness (QED) is 0.295. The molecule has 50 heavy (non-hydrogen) atoms. The second-order valence-corrected chi connectivity index (χ2v) is 13.5. The molecule has 3 aliphatic rings. The molecule has 0 radical (unpaired) electrons. The number of fused-ring (bicyclic) bond motifs is 1. The van der Waals surface area contributed by atoms with E-state index >= 15 is 0 Å². The highest BCUT2D eigenvalue weighted by atomic mass is 16.7. The summed E-state index contributed by atoms with van der Waals surface area (Å²) in [4.78, 5) is 78.9. The Balaban J connectivity index is 1.90. The topological polar surface area (TPSA) is 200 Å². The molecule has 1 aliphatic heterocycles. The lowest BCUT2D eigenvalue weighted by Gasteiger charge is -2.66. The first-order valence-corrected chi connectivity index (χ1v) is 15.9. The Morgan fingerprint density at radius 2 is 1.34 bits per heavy atom. The molecule has 0 unspecified atom stereocenters. The van der Waals surface area contributed by atoms with Gasteiger partial charge in [0.25, 0.3) is 0 Å². The molecule has 2 bridgehead atoms. The van der Waals surface area contributed by atoms with Crippen LogP contribution in [0.1, 0.15) is 75.6 Å². The van der Waals surface area contributed by atoms with Crippen LogP contribution in [-0.2, 0) is 52.3 Å². The number of carbonyl (C=O) groups excluding carboxylic acids is 6. The fourth-order valence-corrected chi connectivity index (χ4v) is 8.19. The Kier molecular flexibility index (Phi) is 9.62.